The van der Waals surface area contributed by atoms with Crippen molar-refractivity contribution >= 4 is 39.1 Å². The minimum Gasteiger partial charge on any atom is -0.496 e. The monoisotopic (exact) mass is 507 g/mol. The van der Waals surface area contributed by atoms with Gasteiger partial charge in [-0.25, -0.2) is 0 Å². The predicted molar refractivity (Wildman–Crippen MR) is 134 cm³/mol. The molecule has 7 heteroatoms. The van der Waals surface area contributed by atoms with Crippen molar-refractivity contribution in [2.45, 2.75) is 6.92 Å². The van der Waals surface area contributed by atoms with E-state index in [-0.39, 0.29) is 11.8 Å². The van der Waals surface area contributed by atoms with Crippen molar-refractivity contribution in [1.82, 2.24) is 4.90 Å². The van der Waals surface area contributed by atoms with Crippen molar-refractivity contribution in [1.29, 1.82) is 0 Å². The van der Waals surface area contributed by atoms with Crippen molar-refractivity contribution in [2.24, 2.45) is 0 Å². The summed E-state index contributed by atoms with van der Waals surface area (Å²) in [6.45, 7) is 4.78. The van der Waals surface area contributed by atoms with Gasteiger partial charge in [-0.15, -0.1) is 0 Å². The summed E-state index contributed by atoms with van der Waals surface area (Å²) < 4.78 is 6.25. The molecule has 6 nitrogen and oxygen atoms in total. The predicted octanol–water partition coefficient (Wildman–Crippen LogP) is 4.98. The zero-order chi connectivity index (χ0) is 23.4. The third kappa shape index (κ3) is 5.20. The van der Waals surface area contributed by atoms with Crippen LogP contribution < -0.4 is 15.0 Å². The van der Waals surface area contributed by atoms with E-state index in [1.807, 2.05) is 72.5 Å². The number of nitrogens with zero attached hydrogens (tertiary/aromatic N) is 2. The number of ether oxygens (including phenoxy) is 1. The van der Waals surface area contributed by atoms with Crippen LogP contribution in [0, 0.1) is 6.92 Å². The van der Waals surface area contributed by atoms with E-state index in [2.05, 4.69) is 26.1 Å². The second kappa shape index (κ2) is 10.1. The molecule has 170 valence electrons. The molecular weight excluding hydrogens is 482 g/mol. The second-order valence-corrected chi connectivity index (χ2v) is 8.87. The van der Waals surface area contributed by atoms with Crippen LogP contribution in [0.4, 0.5) is 11.4 Å². The zero-order valence-corrected chi connectivity index (χ0v) is 20.3. The fraction of sp³-hybridized carbons (Fsp3) is 0.231. The molecule has 0 unspecified atom stereocenters. The number of carbonyl (C=O) groups excluding carboxylic acids is 2. The average Bonchev–Trinajstić information content (AvgIpc) is 2.84. The number of halogens is 1. The Labute approximate surface area is 202 Å². The third-order valence-corrected chi connectivity index (χ3v) is 6.22. The molecule has 3 aromatic rings. The maximum atomic E-state index is 12.8. The summed E-state index contributed by atoms with van der Waals surface area (Å²) in [4.78, 5) is 29.6. The molecule has 1 aliphatic rings. The molecular formula is C26H26BrN3O3. The topological polar surface area (TPSA) is 61.9 Å². The van der Waals surface area contributed by atoms with Gasteiger partial charge in [0.1, 0.15) is 5.75 Å². The van der Waals surface area contributed by atoms with Crippen LogP contribution >= 0.6 is 15.9 Å². The molecule has 0 radical (unpaired) electrons. The van der Waals surface area contributed by atoms with Crippen LogP contribution in [0.25, 0.3) is 0 Å². The molecule has 1 heterocycles. The molecule has 3 aromatic carbocycles. The lowest BCUT2D eigenvalue weighted by molar-refractivity contribution is 0.0746. The van der Waals surface area contributed by atoms with Gasteiger partial charge in [-0.2, -0.15) is 0 Å². The summed E-state index contributed by atoms with van der Waals surface area (Å²) in [5.41, 5.74) is 3.87. The first-order valence-corrected chi connectivity index (χ1v) is 11.6. The van der Waals surface area contributed by atoms with Gasteiger partial charge in [0.05, 0.1) is 12.7 Å². The van der Waals surface area contributed by atoms with E-state index < -0.39 is 0 Å². The molecule has 2 amide bonds. The molecule has 1 saturated heterocycles. The number of amides is 2. The highest BCUT2D eigenvalue weighted by Crippen LogP contribution is 2.29. The molecule has 0 aromatic heterocycles. The van der Waals surface area contributed by atoms with Crippen LogP contribution in [0.3, 0.4) is 0 Å². The highest BCUT2D eigenvalue weighted by molar-refractivity contribution is 9.10. The van der Waals surface area contributed by atoms with Crippen molar-refractivity contribution in [3.8, 4) is 5.75 Å². The fourth-order valence-electron chi connectivity index (χ4n) is 4.05. The van der Waals surface area contributed by atoms with Gasteiger partial charge in [0.2, 0.25) is 0 Å². The summed E-state index contributed by atoms with van der Waals surface area (Å²) in [6, 6.07) is 20.8. The zero-order valence-electron chi connectivity index (χ0n) is 18.7. The number of benzene rings is 3. The van der Waals surface area contributed by atoms with E-state index >= 15 is 0 Å². The number of carbonyl (C=O) groups is 2. The van der Waals surface area contributed by atoms with Crippen LogP contribution in [0.1, 0.15) is 26.3 Å². The molecule has 0 saturated carbocycles. The van der Waals surface area contributed by atoms with E-state index in [9.17, 15) is 9.59 Å². The number of piperazine rings is 1. The molecule has 33 heavy (non-hydrogen) atoms. The van der Waals surface area contributed by atoms with Gasteiger partial charge >= 0.3 is 0 Å². The Morgan fingerprint density at radius 3 is 2.24 bits per heavy atom. The molecule has 0 atom stereocenters. The van der Waals surface area contributed by atoms with Crippen molar-refractivity contribution in [3.63, 3.8) is 0 Å². The van der Waals surface area contributed by atoms with Crippen LogP contribution in [0.5, 0.6) is 5.75 Å². The maximum absolute atomic E-state index is 12.8. The summed E-state index contributed by atoms with van der Waals surface area (Å²) in [7, 11) is 1.56. The largest absolute Gasteiger partial charge is 0.496 e. The van der Waals surface area contributed by atoms with Crippen LogP contribution in [-0.2, 0) is 0 Å². The first-order valence-electron chi connectivity index (χ1n) is 10.8. The molecule has 0 spiro atoms. The molecule has 0 aliphatic carbocycles. The number of anilines is 2. The Morgan fingerprint density at radius 2 is 1.61 bits per heavy atom. The minimum atomic E-state index is -0.225. The first kappa shape index (κ1) is 22.9. The Balaban J connectivity index is 1.37. The van der Waals surface area contributed by atoms with E-state index in [0.29, 0.717) is 30.1 Å². The van der Waals surface area contributed by atoms with Crippen LogP contribution in [-0.4, -0.2) is 50.0 Å². The normalized spacial score (nSPS) is 13.5. The third-order valence-electron chi connectivity index (χ3n) is 5.77. The van der Waals surface area contributed by atoms with Gasteiger partial charge < -0.3 is 19.9 Å². The SMILES string of the molecule is COc1c(C)cc(Br)cc1C(=O)Nc1ccc(N2CCN(C(=O)c3ccccc3)CC2)cc1. The summed E-state index contributed by atoms with van der Waals surface area (Å²) in [5, 5.41) is 2.95. The Bertz CT molecular complexity index is 1140. The lowest BCUT2D eigenvalue weighted by Crippen LogP contribution is -2.48. The Morgan fingerprint density at radius 1 is 0.939 bits per heavy atom. The highest BCUT2D eigenvalue weighted by Gasteiger charge is 2.22. The fourth-order valence-corrected chi connectivity index (χ4v) is 4.63. The second-order valence-electron chi connectivity index (χ2n) is 7.95. The smallest absolute Gasteiger partial charge is 0.259 e. The van der Waals surface area contributed by atoms with Crippen molar-refractivity contribution < 1.29 is 14.3 Å². The number of rotatable bonds is 5. The number of aryl methyl sites for hydroxylation is 1. The van der Waals surface area contributed by atoms with Crippen molar-refractivity contribution in [2.75, 3.05) is 43.5 Å². The van der Waals surface area contributed by atoms with E-state index in [1.54, 1.807) is 13.2 Å². The Hall–Kier alpha value is -3.32. The standard InChI is InChI=1S/C26H26BrN3O3/c1-18-16-20(27)17-23(24(18)33-2)25(31)28-21-8-10-22(11-9-21)29-12-14-30(15-13-29)26(32)19-6-4-3-5-7-19/h3-11,16-17H,12-15H2,1-2H3,(H,28,31). The van der Waals surface area contributed by atoms with Crippen LogP contribution in [0.2, 0.25) is 0 Å². The average molecular weight is 508 g/mol. The van der Waals surface area contributed by atoms with Gasteiger partial charge in [0, 0.05) is 47.6 Å². The number of nitrogens with one attached hydrogen (secondary N) is 1. The molecule has 0 bridgehead atoms. The number of methoxy groups -OCH3 is 1. The number of hydrogen-bond donors (Lipinski definition) is 1. The van der Waals surface area contributed by atoms with Crippen LogP contribution in [0.15, 0.2) is 71.2 Å². The summed E-state index contributed by atoms with van der Waals surface area (Å²) >= 11 is 3.44. The lowest BCUT2D eigenvalue weighted by atomic mass is 10.1. The van der Waals surface area contributed by atoms with Gasteiger partial charge in [-0.3, -0.25) is 9.59 Å². The van der Waals surface area contributed by atoms with Gasteiger partial charge in [-0.1, -0.05) is 34.1 Å². The molecule has 1 aliphatic heterocycles. The Kier molecular flexibility index (Phi) is 6.99. The van der Waals surface area contributed by atoms with E-state index in [4.69, 9.17) is 4.74 Å². The summed E-state index contributed by atoms with van der Waals surface area (Å²) in [6.07, 6.45) is 0. The van der Waals surface area contributed by atoms with E-state index in [1.165, 1.54) is 0 Å². The first-order chi connectivity index (χ1) is 16.0. The van der Waals surface area contributed by atoms with Crippen molar-refractivity contribution in [3.05, 3.63) is 87.9 Å². The lowest BCUT2D eigenvalue weighted by Gasteiger charge is -2.36. The number of hydrogen-bond acceptors (Lipinski definition) is 4. The minimum absolute atomic E-state index is 0.0755. The van der Waals surface area contributed by atoms with Gasteiger partial charge in [-0.05, 0) is 61.0 Å². The molecule has 1 fully saturated rings. The molecule has 1 N–H and O–H groups in total. The molecule has 4 rings (SSSR count). The quantitative estimate of drug-likeness (QED) is 0.528. The summed E-state index contributed by atoms with van der Waals surface area (Å²) in [5.74, 6) is 0.416. The van der Waals surface area contributed by atoms with Gasteiger partial charge in [0.25, 0.3) is 11.8 Å². The highest BCUT2D eigenvalue weighted by atomic mass is 79.9. The van der Waals surface area contributed by atoms with Gasteiger partial charge in [0.15, 0.2) is 0 Å². The maximum Gasteiger partial charge on any atom is 0.259 e. The van der Waals surface area contributed by atoms with E-state index in [0.717, 1.165) is 34.4 Å².